The van der Waals surface area contributed by atoms with Gasteiger partial charge >= 0.3 is 440 Å². The number of allylic oxidation sites excluding steroid dienone is 6. The Labute approximate surface area is 586 Å². The van der Waals surface area contributed by atoms with Crippen molar-refractivity contribution in [2.75, 3.05) is 0 Å². The fraction of sp³-hybridized carbons (Fsp3) is 0.436. The van der Waals surface area contributed by atoms with Crippen LogP contribution in [-0.4, -0.2) is 43.6 Å². The summed E-state index contributed by atoms with van der Waals surface area (Å²) in [6, 6.07) is 11.4. The first-order chi connectivity index (χ1) is 47.2. The average Bonchev–Trinajstić information content (AvgIpc) is 1.51. The third kappa shape index (κ3) is 12.7. The first kappa shape index (κ1) is 69.6. The van der Waals surface area contributed by atoms with Crippen LogP contribution in [0, 0.1) is 80.4 Å². The molecule has 0 radical (unpaired) electrons. The van der Waals surface area contributed by atoms with E-state index in [0.29, 0.717) is 37.8 Å². The Balaban J connectivity index is 1.17. The Morgan fingerprint density at radius 1 is 0.464 bits per heavy atom. The van der Waals surface area contributed by atoms with Crippen molar-refractivity contribution >= 4 is 167 Å². The van der Waals surface area contributed by atoms with E-state index in [2.05, 4.69) is 50.7 Å². The molecule has 0 saturated carbocycles. The number of carbonyl (C=O) groups excluding carboxylic acids is 2. The molecule has 500 valence electrons. The van der Waals surface area contributed by atoms with Crippen molar-refractivity contribution in [3.63, 3.8) is 0 Å². The maximum absolute atomic E-state index is 15.2. The van der Waals surface area contributed by atoms with Crippen molar-refractivity contribution in [1.82, 2.24) is 17.1 Å². The summed E-state index contributed by atoms with van der Waals surface area (Å²) < 4.78 is 83.1. The summed E-state index contributed by atoms with van der Waals surface area (Å²) in [4.78, 5) is 31.0. The van der Waals surface area contributed by atoms with Gasteiger partial charge in [0.1, 0.15) is 24.3 Å². The second kappa shape index (κ2) is 30.4. The van der Waals surface area contributed by atoms with E-state index >= 15 is 17.6 Å². The van der Waals surface area contributed by atoms with Crippen LogP contribution in [0.5, 0.6) is 0 Å². The number of benzene rings is 3. The van der Waals surface area contributed by atoms with Crippen LogP contribution in [0.3, 0.4) is 0 Å². The molecule has 0 aliphatic heterocycles. The molecular weight excluding hydrogens is 1360 g/mol. The fourth-order valence-electron chi connectivity index (χ4n) is 15.0. The van der Waals surface area contributed by atoms with Crippen LogP contribution in [0.2, 0.25) is 0 Å². The third-order valence-corrected chi connectivity index (χ3v) is 26.5. The number of ketones is 2. The van der Waals surface area contributed by atoms with Crippen molar-refractivity contribution in [1.29, 1.82) is 21.0 Å². The van der Waals surface area contributed by atoms with Crippen LogP contribution < -0.4 is 0 Å². The second-order valence-electron chi connectivity index (χ2n) is 26.3. The summed E-state index contributed by atoms with van der Waals surface area (Å²) in [7, 11) is 0. The number of hydrogen-bond donors (Lipinski definition) is 0. The van der Waals surface area contributed by atoms with E-state index in [1.807, 2.05) is 24.3 Å². The number of hydrogen-bond acceptors (Lipinski definition) is 12. The summed E-state index contributed by atoms with van der Waals surface area (Å²) in [6.07, 6.45) is 28.1. The van der Waals surface area contributed by atoms with Gasteiger partial charge in [0.15, 0.2) is 23.3 Å². The standard InChI is InChI=1S/C78H78F4N8O2S4Se/c1-7-13-17-19-21-23-27-47-59(37-53-61(45(39-83)40-84)49-33-55(79)57(81)35-51(49)71(53)91)93-77-69-75(95-73(47)77)63-65-66(88-97-87-65)64-68(67(63)89(69)31-29-43(11-5)25-15-9-3)90(32-30-44(12-6)26-16-10-4)70-76(64)96-74-48(28-24-22-20-18-14-8-2)60(94-78(70)74)38-54-62(46(41-85)42-86)50-34-56(80)58(82)36-52(50)72(54)92/h33-38,43-44H,7-32H2,1-6H3/b53-37-,54-38-. The number of nitrogens with zero attached hydrogens (tertiary/aromatic N) is 8. The van der Waals surface area contributed by atoms with E-state index in [1.165, 1.54) is 0 Å². The Morgan fingerprint density at radius 2 is 0.825 bits per heavy atom. The number of thiophene rings is 4. The van der Waals surface area contributed by atoms with Gasteiger partial charge in [0.2, 0.25) is 0 Å². The van der Waals surface area contributed by atoms with E-state index in [-0.39, 0.29) is 55.7 Å². The number of carbonyl (C=O) groups is 2. The average molecular weight is 1440 g/mol. The normalized spacial score (nSPS) is 14.7. The number of nitriles is 4. The zero-order valence-electron chi connectivity index (χ0n) is 56.0. The first-order valence-electron chi connectivity index (χ1n) is 34.9. The monoisotopic (exact) mass is 1440 g/mol. The van der Waals surface area contributed by atoms with Crippen LogP contribution in [0.4, 0.5) is 17.6 Å². The molecule has 7 heterocycles. The van der Waals surface area contributed by atoms with Gasteiger partial charge in [0.25, 0.3) is 0 Å². The number of aromatic nitrogens is 4. The molecule has 2 aliphatic rings. The van der Waals surface area contributed by atoms with E-state index in [1.54, 1.807) is 57.5 Å². The van der Waals surface area contributed by atoms with Crippen LogP contribution in [0.25, 0.3) is 95.4 Å². The van der Waals surface area contributed by atoms with Gasteiger partial charge in [-0.2, -0.15) is 21.0 Å². The summed E-state index contributed by atoms with van der Waals surface area (Å²) >= 11 is 6.23. The van der Waals surface area contributed by atoms with Crippen LogP contribution in [-0.2, 0) is 25.9 Å². The van der Waals surface area contributed by atoms with Crippen LogP contribution >= 0.6 is 45.3 Å². The molecule has 0 saturated heterocycles. The van der Waals surface area contributed by atoms with Gasteiger partial charge in [-0.3, -0.25) is 0 Å². The van der Waals surface area contributed by atoms with Crippen LogP contribution in [0.15, 0.2) is 46.6 Å². The number of rotatable bonds is 30. The molecule has 10 nitrogen and oxygen atoms in total. The molecule has 3 aromatic carbocycles. The number of halogens is 4. The quantitative estimate of drug-likeness (QED) is 0.0141. The van der Waals surface area contributed by atoms with Gasteiger partial charge < -0.3 is 0 Å². The predicted molar refractivity (Wildman–Crippen MR) is 393 cm³/mol. The SMILES string of the molecule is CCCCCCCCc1c(/C=C2\C(=O)c3cc(F)c(F)cc3C2=C(C#N)C#N)sc2c1sc1c3c4n[se]nc4c4c5sc6c(CCCCCCCC)c(/C=C7\C(=O)c8cc(F)c(F)cc8C7=C(C#N)C#N)sc6c5n(CCC(CC)CCCC)c4c3n(CCC(CC)CCCC)c21. The zero-order valence-corrected chi connectivity index (χ0v) is 60.9. The Hall–Kier alpha value is -7.32. The third-order valence-electron chi connectivity index (χ3n) is 20.3. The molecule has 2 unspecified atom stereocenters. The van der Waals surface area contributed by atoms with Crippen LogP contribution in [0.1, 0.15) is 236 Å². The van der Waals surface area contributed by atoms with Gasteiger partial charge in [0.05, 0.1) is 0 Å². The number of unbranched alkanes of at least 4 members (excludes halogenated alkanes) is 12. The zero-order chi connectivity index (χ0) is 68.3. The summed E-state index contributed by atoms with van der Waals surface area (Å²) in [6.45, 7) is 14.9. The van der Waals surface area contributed by atoms with E-state index < -0.39 is 49.8 Å². The summed E-state index contributed by atoms with van der Waals surface area (Å²) in [5.74, 6) is -4.99. The topological polar surface area (TPSA) is 165 Å². The first-order valence-corrected chi connectivity index (χ1v) is 39.7. The molecule has 2 aliphatic carbocycles. The molecule has 2 atom stereocenters. The molecule has 0 N–H and O–H groups in total. The number of Topliss-reactive ketones (excluding diaryl/α,β-unsaturated/α-hetero) is 2. The minimum absolute atomic E-state index is 0.00636. The van der Waals surface area contributed by atoms with Gasteiger partial charge in [0, 0.05) is 0 Å². The summed E-state index contributed by atoms with van der Waals surface area (Å²) in [5.41, 5.74) is 7.55. The van der Waals surface area contributed by atoms with Crippen molar-refractivity contribution in [2.24, 2.45) is 11.8 Å². The number of fused-ring (bicyclic) bond motifs is 16. The maximum atomic E-state index is 15.2. The molecule has 19 heteroatoms. The van der Waals surface area contributed by atoms with E-state index in [0.717, 1.165) is 258 Å². The molecule has 0 fully saturated rings. The van der Waals surface area contributed by atoms with Gasteiger partial charge in [-0.25, -0.2) is 17.6 Å². The molecular formula is C78H78F4N8O2S4Se. The molecule has 97 heavy (non-hydrogen) atoms. The summed E-state index contributed by atoms with van der Waals surface area (Å²) in [5, 5.41) is 43.7. The Bertz CT molecular complexity index is 4760. The van der Waals surface area contributed by atoms with Crippen molar-refractivity contribution < 1.29 is 27.2 Å². The van der Waals surface area contributed by atoms with Gasteiger partial charge in [-0.15, -0.1) is 0 Å². The molecule has 7 aromatic heterocycles. The van der Waals surface area contributed by atoms with Gasteiger partial charge in [-0.05, 0) is 24.3 Å². The molecule has 0 spiro atoms. The second-order valence-corrected chi connectivity index (χ2v) is 31.5. The van der Waals surface area contributed by atoms with Gasteiger partial charge in [-0.1, -0.05) is 39.5 Å². The fourth-order valence-corrected chi connectivity index (χ4v) is 22.1. The molecule has 0 bridgehead atoms. The minimum atomic E-state index is -1.19. The Kier molecular flexibility index (Phi) is 21.8. The molecule has 10 aromatic rings. The van der Waals surface area contributed by atoms with Crippen molar-refractivity contribution in [3.8, 4) is 24.3 Å². The number of aryl methyl sites for hydroxylation is 4. The predicted octanol–water partition coefficient (Wildman–Crippen LogP) is 23.2. The van der Waals surface area contributed by atoms with E-state index in [9.17, 15) is 30.6 Å². The van der Waals surface area contributed by atoms with Crippen molar-refractivity contribution in [3.05, 3.63) is 113 Å². The molecule has 12 rings (SSSR count). The molecule has 0 amide bonds. The van der Waals surface area contributed by atoms with E-state index in [4.69, 9.17) is 7.96 Å². The van der Waals surface area contributed by atoms with Crippen molar-refractivity contribution in [2.45, 2.75) is 209 Å². The Morgan fingerprint density at radius 3 is 1.19 bits per heavy atom.